The molecule has 3 aromatic carbocycles. The fraction of sp³-hybridized carbons (Fsp3) is 0.0909. The lowest BCUT2D eigenvalue weighted by Crippen LogP contribution is -1.95. The lowest BCUT2D eigenvalue weighted by Gasteiger charge is -2.14. The first-order valence-electron chi connectivity index (χ1n) is 8.40. The number of fused-ring (bicyclic) bond motifs is 2. The maximum atomic E-state index is 11.8. The Morgan fingerprint density at radius 1 is 0.815 bits per heavy atom. The van der Waals surface area contributed by atoms with Crippen molar-refractivity contribution in [1.29, 1.82) is 0 Å². The van der Waals surface area contributed by atoms with Gasteiger partial charge in [0.05, 0.1) is 25.3 Å². The molecule has 4 aromatic rings. The summed E-state index contributed by atoms with van der Waals surface area (Å²) in [7, 11) is 3.16. The molecule has 0 spiro atoms. The van der Waals surface area contributed by atoms with E-state index < -0.39 is 0 Å². The summed E-state index contributed by atoms with van der Waals surface area (Å²) >= 11 is 0. The van der Waals surface area contributed by atoms with Crippen LogP contribution in [0.25, 0.3) is 21.7 Å². The van der Waals surface area contributed by atoms with Gasteiger partial charge >= 0.3 is 0 Å². The standard InChI is InChI=1S/C22H17NO4/c1-25-21-11-16-18(12-22(21)26-2)23-10-9-20(16)27-19-8-7-14-5-3-4-6-15(14)17(19)13-24/h3-13H,1-2H3. The van der Waals surface area contributed by atoms with Crippen LogP contribution in [0.4, 0.5) is 0 Å². The van der Waals surface area contributed by atoms with Crippen LogP contribution in [0.3, 0.4) is 0 Å². The molecule has 0 saturated carbocycles. The molecule has 0 fully saturated rings. The highest BCUT2D eigenvalue weighted by Crippen LogP contribution is 2.38. The Hall–Kier alpha value is -3.60. The van der Waals surface area contributed by atoms with Gasteiger partial charge in [0.15, 0.2) is 17.8 Å². The third-order valence-corrected chi connectivity index (χ3v) is 4.48. The second kappa shape index (κ2) is 6.96. The Bertz CT molecular complexity index is 1150. The van der Waals surface area contributed by atoms with Gasteiger partial charge in [0.25, 0.3) is 0 Å². The van der Waals surface area contributed by atoms with E-state index in [0.29, 0.717) is 34.1 Å². The zero-order chi connectivity index (χ0) is 18.8. The van der Waals surface area contributed by atoms with Gasteiger partial charge in [-0.2, -0.15) is 0 Å². The van der Waals surface area contributed by atoms with Gasteiger partial charge < -0.3 is 14.2 Å². The average molecular weight is 359 g/mol. The Kier molecular flexibility index (Phi) is 4.34. The van der Waals surface area contributed by atoms with Gasteiger partial charge in [-0.15, -0.1) is 0 Å². The van der Waals surface area contributed by atoms with Gasteiger partial charge in [-0.3, -0.25) is 9.78 Å². The van der Waals surface area contributed by atoms with E-state index in [0.717, 1.165) is 22.4 Å². The van der Waals surface area contributed by atoms with Gasteiger partial charge in [-0.1, -0.05) is 30.3 Å². The first kappa shape index (κ1) is 16.8. The van der Waals surface area contributed by atoms with Crippen molar-refractivity contribution >= 4 is 28.0 Å². The summed E-state index contributed by atoms with van der Waals surface area (Å²) in [6, 6.07) is 16.8. The Balaban J connectivity index is 1.87. The van der Waals surface area contributed by atoms with E-state index in [1.165, 1.54) is 0 Å². The van der Waals surface area contributed by atoms with Gasteiger partial charge in [0.2, 0.25) is 0 Å². The Labute approximate surface area is 156 Å². The summed E-state index contributed by atoms with van der Waals surface area (Å²) in [4.78, 5) is 16.1. The molecule has 0 bridgehead atoms. The molecule has 27 heavy (non-hydrogen) atoms. The number of methoxy groups -OCH3 is 2. The molecule has 134 valence electrons. The summed E-state index contributed by atoms with van der Waals surface area (Å²) in [5, 5.41) is 2.60. The number of ether oxygens (including phenoxy) is 3. The number of hydrogen-bond donors (Lipinski definition) is 0. The van der Waals surface area contributed by atoms with Crippen molar-refractivity contribution in [2.45, 2.75) is 0 Å². The van der Waals surface area contributed by atoms with Gasteiger partial charge in [0, 0.05) is 17.6 Å². The summed E-state index contributed by atoms with van der Waals surface area (Å²) in [5.41, 5.74) is 1.22. The lowest BCUT2D eigenvalue weighted by molar-refractivity contribution is 0.112. The Morgan fingerprint density at radius 2 is 1.59 bits per heavy atom. The molecular weight excluding hydrogens is 342 g/mol. The molecule has 0 amide bonds. The minimum absolute atomic E-state index is 0.492. The largest absolute Gasteiger partial charge is 0.493 e. The van der Waals surface area contributed by atoms with E-state index in [-0.39, 0.29) is 0 Å². The van der Waals surface area contributed by atoms with Gasteiger partial charge in [0.1, 0.15) is 11.5 Å². The first-order chi connectivity index (χ1) is 13.2. The quantitative estimate of drug-likeness (QED) is 0.469. The molecule has 0 N–H and O–H groups in total. The molecular formula is C22H17NO4. The zero-order valence-electron chi connectivity index (χ0n) is 14.9. The van der Waals surface area contributed by atoms with Crippen molar-refractivity contribution in [2.24, 2.45) is 0 Å². The van der Waals surface area contributed by atoms with E-state index >= 15 is 0 Å². The fourth-order valence-electron chi connectivity index (χ4n) is 3.14. The minimum atomic E-state index is 0.492. The molecule has 0 unspecified atom stereocenters. The number of aldehydes is 1. The summed E-state index contributed by atoms with van der Waals surface area (Å²) < 4.78 is 16.8. The smallest absolute Gasteiger partial charge is 0.162 e. The monoisotopic (exact) mass is 359 g/mol. The van der Waals surface area contributed by atoms with Crippen LogP contribution in [0.5, 0.6) is 23.0 Å². The first-order valence-corrected chi connectivity index (χ1v) is 8.40. The topological polar surface area (TPSA) is 57.7 Å². The summed E-state index contributed by atoms with van der Waals surface area (Å²) in [5.74, 6) is 2.25. The lowest BCUT2D eigenvalue weighted by atomic mass is 10.0. The van der Waals surface area contributed by atoms with Crippen LogP contribution in [0.2, 0.25) is 0 Å². The van der Waals surface area contributed by atoms with Crippen LogP contribution in [0.15, 0.2) is 60.8 Å². The Morgan fingerprint density at radius 3 is 2.37 bits per heavy atom. The number of carbonyl (C=O) groups is 1. The van der Waals surface area contributed by atoms with Crippen LogP contribution in [0.1, 0.15) is 10.4 Å². The minimum Gasteiger partial charge on any atom is -0.493 e. The van der Waals surface area contributed by atoms with Gasteiger partial charge in [-0.25, -0.2) is 0 Å². The number of rotatable bonds is 5. The molecule has 0 aliphatic carbocycles. The number of nitrogens with zero attached hydrogens (tertiary/aromatic N) is 1. The van der Waals surface area contributed by atoms with Gasteiger partial charge in [-0.05, 0) is 29.0 Å². The number of pyridine rings is 1. The molecule has 0 radical (unpaired) electrons. The van der Waals surface area contributed by atoms with E-state index in [2.05, 4.69) is 4.98 Å². The van der Waals surface area contributed by atoms with Crippen LogP contribution < -0.4 is 14.2 Å². The molecule has 5 heteroatoms. The highest BCUT2D eigenvalue weighted by atomic mass is 16.5. The van der Waals surface area contributed by atoms with Crippen molar-refractivity contribution in [3.63, 3.8) is 0 Å². The molecule has 0 aliphatic heterocycles. The van der Waals surface area contributed by atoms with E-state index in [9.17, 15) is 4.79 Å². The maximum Gasteiger partial charge on any atom is 0.162 e. The van der Waals surface area contributed by atoms with Crippen LogP contribution in [-0.2, 0) is 0 Å². The predicted octanol–water partition coefficient (Wildman–Crippen LogP) is 5.01. The third-order valence-electron chi connectivity index (χ3n) is 4.48. The molecule has 1 heterocycles. The van der Waals surface area contributed by atoms with Crippen LogP contribution in [-0.4, -0.2) is 25.5 Å². The number of aromatic nitrogens is 1. The fourth-order valence-corrected chi connectivity index (χ4v) is 3.14. The molecule has 0 saturated heterocycles. The highest BCUT2D eigenvalue weighted by molar-refractivity contribution is 6.01. The summed E-state index contributed by atoms with van der Waals surface area (Å²) in [6.45, 7) is 0. The van der Waals surface area contributed by atoms with Crippen molar-refractivity contribution in [2.75, 3.05) is 14.2 Å². The van der Waals surface area contributed by atoms with E-state index in [1.807, 2.05) is 36.4 Å². The van der Waals surface area contributed by atoms with Crippen molar-refractivity contribution < 1.29 is 19.0 Å². The highest BCUT2D eigenvalue weighted by Gasteiger charge is 2.14. The second-order valence-electron chi connectivity index (χ2n) is 5.95. The number of carbonyl (C=O) groups excluding carboxylic acids is 1. The number of benzene rings is 3. The predicted molar refractivity (Wildman–Crippen MR) is 104 cm³/mol. The molecule has 0 atom stereocenters. The van der Waals surface area contributed by atoms with Crippen molar-refractivity contribution in [1.82, 2.24) is 4.98 Å². The number of hydrogen-bond acceptors (Lipinski definition) is 5. The van der Waals surface area contributed by atoms with E-state index in [4.69, 9.17) is 14.2 Å². The molecule has 5 nitrogen and oxygen atoms in total. The second-order valence-corrected chi connectivity index (χ2v) is 5.95. The zero-order valence-corrected chi connectivity index (χ0v) is 14.9. The van der Waals surface area contributed by atoms with Crippen LogP contribution >= 0.6 is 0 Å². The SMILES string of the molecule is COc1cc2nccc(Oc3ccc4ccccc4c3C=O)c2cc1OC. The van der Waals surface area contributed by atoms with Crippen molar-refractivity contribution in [3.05, 3.63) is 66.4 Å². The molecule has 1 aromatic heterocycles. The third kappa shape index (κ3) is 2.93. The summed E-state index contributed by atoms with van der Waals surface area (Å²) in [6.07, 6.45) is 2.48. The molecule has 4 rings (SSSR count). The molecule has 0 aliphatic rings. The van der Waals surface area contributed by atoms with Crippen molar-refractivity contribution in [3.8, 4) is 23.0 Å². The average Bonchev–Trinajstić information content (AvgIpc) is 2.72. The van der Waals surface area contributed by atoms with Crippen LogP contribution in [0, 0.1) is 0 Å². The maximum absolute atomic E-state index is 11.8. The normalized spacial score (nSPS) is 10.7. The van der Waals surface area contributed by atoms with E-state index in [1.54, 1.807) is 38.6 Å².